The fraction of sp³-hybridized carbons (Fsp3) is 0.200. The van der Waals surface area contributed by atoms with Crippen LogP contribution < -0.4 is 10.1 Å². The lowest BCUT2D eigenvalue weighted by Crippen LogP contribution is -2.20. The summed E-state index contributed by atoms with van der Waals surface area (Å²) in [6.45, 7) is 1.94. The molecule has 0 aliphatic heterocycles. The number of nitro groups is 1. The Morgan fingerprint density at radius 2 is 2.35 bits per heavy atom. The van der Waals surface area contributed by atoms with E-state index in [1.165, 1.54) is 24.4 Å². The number of nitrogens with one attached hydrogen (secondary N) is 1. The highest BCUT2D eigenvalue weighted by atomic mass is 16.6. The van der Waals surface area contributed by atoms with Crippen molar-refractivity contribution in [2.45, 2.75) is 6.92 Å². The number of rotatable bonds is 4. The van der Waals surface area contributed by atoms with Crippen LogP contribution in [0.3, 0.4) is 0 Å². The Morgan fingerprint density at radius 1 is 1.65 bits per heavy atom. The number of hydrogen-bond donors (Lipinski definition) is 1. The maximum Gasteiger partial charge on any atom is 0.285 e. The van der Waals surface area contributed by atoms with Gasteiger partial charge >= 0.3 is 0 Å². The van der Waals surface area contributed by atoms with Gasteiger partial charge in [0.2, 0.25) is 0 Å². The number of nitrogens with zero attached hydrogens (tertiary/aromatic N) is 2. The van der Waals surface area contributed by atoms with Crippen molar-refractivity contribution in [1.82, 2.24) is 5.32 Å². The summed E-state index contributed by atoms with van der Waals surface area (Å²) in [4.78, 5) is 21.6. The Bertz CT molecular complexity index is 493. The molecule has 1 N–H and O–H groups in total. The van der Waals surface area contributed by atoms with E-state index in [1.807, 2.05) is 5.32 Å². The van der Waals surface area contributed by atoms with E-state index in [1.54, 1.807) is 6.92 Å². The summed E-state index contributed by atoms with van der Waals surface area (Å²) in [5, 5.41) is 21.0. The van der Waals surface area contributed by atoms with Crippen LogP contribution in [-0.2, 0) is 0 Å². The number of ether oxygens (including phenoxy) is 1. The van der Waals surface area contributed by atoms with E-state index < -0.39 is 16.5 Å². The van der Waals surface area contributed by atoms with E-state index in [-0.39, 0.29) is 17.9 Å². The Labute approximate surface area is 96.8 Å². The lowest BCUT2D eigenvalue weighted by Gasteiger charge is -2.08. The van der Waals surface area contributed by atoms with Crippen molar-refractivity contribution in [1.29, 1.82) is 5.26 Å². The summed E-state index contributed by atoms with van der Waals surface area (Å²) in [5.74, 6) is -0.780. The SMILES string of the molecule is CCOc1cccc([N+](=O)[O-])c1C(=O)NC#N. The Hall–Kier alpha value is -2.62. The molecule has 0 aliphatic carbocycles. The molecule has 7 nitrogen and oxygen atoms in total. The fourth-order valence-electron chi connectivity index (χ4n) is 1.29. The summed E-state index contributed by atoms with van der Waals surface area (Å²) in [6.07, 6.45) is 1.42. The molecular weight excluding hydrogens is 226 g/mol. The molecule has 0 heterocycles. The maximum atomic E-state index is 11.5. The Balaban J connectivity index is 3.33. The minimum Gasteiger partial charge on any atom is -0.493 e. The van der Waals surface area contributed by atoms with Crippen molar-refractivity contribution in [2.24, 2.45) is 0 Å². The highest BCUT2D eigenvalue weighted by Crippen LogP contribution is 2.28. The molecule has 88 valence electrons. The van der Waals surface area contributed by atoms with Gasteiger partial charge in [0.05, 0.1) is 11.5 Å². The zero-order valence-corrected chi connectivity index (χ0v) is 8.97. The second-order valence-electron chi connectivity index (χ2n) is 2.91. The second kappa shape index (κ2) is 5.46. The van der Waals surface area contributed by atoms with Gasteiger partial charge in [0, 0.05) is 6.07 Å². The van der Waals surface area contributed by atoms with Gasteiger partial charge in [-0.2, -0.15) is 5.26 Å². The third-order valence-electron chi connectivity index (χ3n) is 1.90. The Morgan fingerprint density at radius 3 is 2.88 bits per heavy atom. The van der Waals surface area contributed by atoms with Crippen LogP contribution in [0.15, 0.2) is 18.2 Å². The summed E-state index contributed by atoms with van der Waals surface area (Å²) >= 11 is 0. The molecule has 0 bridgehead atoms. The number of carbonyl (C=O) groups excluding carboxylic acids is 1. The van der Waals surface area contributed by atoms with Crippen LogP contribution in [0.2, 0.25) is 0 Å². The summed E-state index contributed by atoms with van der Waals surface area (Å²) < 4.78 is 5.12. The van der Waals surface area contributed by atoms with Crippen molar-refractivity contribution in [3.05, 3.63) is 33.9 Å². The molecule has 0 spiro atoms. The van der Waals surface area contributed by atoms with Crippen LogP contribution in [0.4, 0.5) is 5.69 Å². The summed E-state index contributed by atoms with van der Waals surface area (Å²) in [7, 11) is 0. The fourth-order valence-corrected chi connectivity index (χ4v) is 1.29. The molecule has 0 saturated carbocycles. The standard InChI is InChI=1S/C10H9N3O4/c1-2-17-8-5-3-4-7(13(15)16)9(8)10(14)12-6-11/h3-5H,2H2,1H3,(H,12,14). The molecule has 0 atom stereocenters. The van der Waals surface area contributed by atoms with Crippen molar-refractivity contribution < 1.29 is 14.5 Å². The van der Waals surface area contributed by atoms with E-state index in [2.05, 4.69) is 0 Å². The first-order valence-electron chi connectivity index (χ1n) is 4.71. The minimum absolute atomic E-state index is 0.0782. The molecule has 17 heavy (non-hydrogen) atoms. The van der Waals surface area contributed by atoms with Gasteiger partial charge in [-0.25, -0.2) is 0 Å². The van der Waals surface area contributed by atoms with E-state index in [9.17, 15) is 14.9 Å². The molecule has 1 aromatic carbocycles. The number of amides is 1. The Kier molecular flexibility index (Phi) is 4.00. The lowest BCUT2D eigenvalue weighted by atomic mass is 10.1. The molecule has 1 aromatic rings. The number of benzene rings is 1. The first kappa shape index (κ1) is 12.4. The van der Waals surface area contributed by atoms with Crippen molar-refractivity contribution >= 4 is 11.6 Å². The van der Waals surface area contributed by atoms with Crippen LogP contribution in [0, 0.1) is 21.6 Å². The molecule has 0 aromatic heterocycles. The summed E-state index contributed by atoms with van der Waals surface area (Å²) in [6, 6.07) is 4.02. The first-order valence-corrected chi connectivity index (χ1v) is 4.71. The zero-order valence-electron chi connectivity index (χ0n) is 8.97. The largest absolute Gasteiger partial charge is 0.493 e. The number of nitro benzene ring substituents is 1. The van der Waals surface area contributed by atoms with Crippen molar-refractivity contribution in [2.75, 3.05) is 6.61 Å². The highest BCUT2D eigenvalue weighted by Gasteiger charge is 2.24. The van der Waals surface area contributed by atoms with Gasteiger partial charge < -0.3 is 4.74 Å². The van der Waals surface area contributed by atoms with E-state index in [0.29, 0.717) is 0 Å². The molecule has 7 heteroatoms. The molecule has 0 fully saturated rings. The highest BCUT2D eigenvalue weighted by molar-refractivity contribution is 6.01. The molecule has 0 saturated heterocycles. The smallest absolute Gasteiger partial charge is 0.285 e. The van der Waals surface area contributed by atoms with Crippen LogP contribution in [0.5, 0.6) is 5.75 Å². The first-order chi connectivity index (χ1) is 8.11. The molecule has 0 aliphatic rings. The lowest BCUT2D eigenvalue weighted by molar-refractivity contribution is -0.385. The predicted octanol–water partition coefficient (Wildman–Crippen LogP) is 1.20. The van der Waals surface area contributed by atoms with Gasteiger partial charge in [0.25, 0.3) is 11.6 Å². The average Bonchev–Trinajstić information content (AvgIpc) is 2.29. The van der Waals surface area contributed by atoms with Gasteiger partial charge in [-0.15, -0.1) is 0 Å². The van der Waals surface area contributed by atoms with E-state index in [4.69, 9.17) is 10.00 Å². The number of nitriles is 1. The molecule has 0 radical (unpaired) electrons. The predicted molar refractivity (Wildman–Crippen MR) is 57.3 cm³/mol. The maximum absolute atomic E-state index is 11.5. The van der Waals surface area contributed by atoms with Gasteiger partial charge in [-0.1, -0.05) is 6.07 Å². The average molecular weight is 235 g/mol. The van der Waals surface area contributed by atoms with Crippen LogP contribution >= 0.6 is 0 Å². The summed E-state index contributed by atoms with van der Waals surface area (Å²) in [5.41, 5.74) is -0.649. The topological polar surface area (TPSA) is 105 Å². The van der Waals surface area contributed by atoms with Crippen molar-refractivity contribution in [3.8, 4) is 11.9 Å². The van der Waals surface area contributed by atoms with E-state index >= 15 is 0 Å². The van der Waals surface area contributed by atoms with Gasteiger partial charge in [0.1, 0.15) is 5.75 Å². The molecule has 1 amide bonds. The zero-order chi connectivity index (χ0) is 12.8. The van der Waals surface area contributed by atoms with Gasteiger partial charge in [-0.05, 0) is 13.0 Å². The second-order valence-corrected chi connectivity index (χ2v) is 2.91. The third kappa shape index (κ3) is 2.69. The number of carbonyl (C=O) groups is 1. The molecule has 0 unspecified atom stereocenters. The van der Waals surface area contributed by atoms with Crippen LogP contribution in [0.25, 0.3) is 0 Å². The van der Waals surface area contributed by atoms with Crippen LogP contribution in [-0.4, -0.2) is 17.4 Å². The third-order valence-corrected chi connectivity index (χ3v) is 1.90. The van der Waals surface area contributed by atoms with E-state index in [0.717, 1.165) is 0 Å². The molecule has 1 rings (SSSR count). The minimum atomic E-state index is -0.858. The molecular formula is C10H9N3O4. The van der Waals surface area contributed by atoms with Crippen molar-refractivity contribution in [3.63, 3.8) is 0 Å². The van der Waals surface area contributed by atoms with Gasteiger partial charge in [0.15, 0.2) is 11.8 Å². The number of hydrogen-bond acceptors (Lipinski definition) is 5. The van der Waals surface area contributed by atoms with Gasteiger partial charge in [-0.3, -0.25) is 20.2 Å². The van der Waals surface area contributed by atoms with Crippen LogP contribution in [0.1, 0.15) is 17.3 Å². The normalized spacial score (nSPS) is 9.18. The quantitative estimate of drug-likeness (QED) is 0.365. The monoisotopic (exact) mass is 235 g/mol.